The highest BCUT2D eigenvalue weighted by molar-refractivity contribution is 5.05. The molecule has 3 rings (SSSR count). The fourth-order valence-corrected chi connectivity index (χ4v) is 4.54. The molecule has 2 aliphatic heterocycles. The van der Waals surface area contributed by atoms with E-state index in [0.717, 1.165) is 12.8 Å². The van der Waals surface area contributed by atoms with Crippen molar-refractivity contribution in [1.29, 1.82) is 0 Å². The number of aliphatic hydroxyl groups is 2. The highest BCUT2D eigenvalue weighted by atomic mass is 19.4. The first kappa shape index (κ1) is 18.4. The third-order valence-corrected chi connectivity index (χ3v) is 5.74. The molecule has 0 radical (unpaired) electrons. The second-order valence-corrected chi connectivity index (χ2v) is 7.57. The Balaban J connectivity index is 1.86. The highest BCUT2D eigenvalue weighted by Gasteiger charge is 2.62. The third-order valence-electron chi connectivity index (χ3n) is 5.74. The summed E-state index contributed by atoms with van der Waals surface area (Å²) in [6.07, 6.45) is -3.52. The van der Waals surface area contributed by atoms with Crippen LogP contribution in [0.4, 0.5) is 13.2 Å². The molecular weight excluding hydrogens is 329 g/mol. The van der Waals surface area contributed by atoms with Gasteiger partial charge in [0.25, 0.3) is 0 Å². The first-order chi connectivity index (χ1) is 11.0. The summed E-state index contributed by atoms with van der Waals surface area (Å²) in [6, 6.07) is 0. The Bertz CT molecular complexity index is 469. The molecule has 0 aromatic carbocycles. The molecule has 0 bridgehead atoms. The molecule has 0 aromatic heterocycles. The molecule has 2 saturated heterocycles. The maximum Gasteiger partial charge on any atom is 0.411 e. The SMILES string of the molecule is C[C@H]1C(OCC(F)(F)F)O[C@@H]2OC(C)(O)CCC3CCCC1[C@]32O. The predicted octanol–water partition coefficient (Wildman–Crippen LogP) is 2.55. The quantitative estimate of drug-likeness (QED) is 0.798. The van der Waals surface area contributed by atoms with Gasteiger partial charge in [0.05, 0.1) is 0 Å². The van der Waals surface area contributed by atoms with Gasteiger partial charge in [0.1, 0.15) is 12.2 Å². The summed E-state index contributed by atoms with van der Waals surface area (Å²) in [5.41, 5.74) is -1.31. The summed E-state index contributed by atoms with van der Waals surface area (Å²) in [7, 11) is 0. The van der Waals surface area contributed by atoms with Gasteiger partial charge in [-0.3, -0.25) is 0 Å². The largest absolute Gasteiger partial charge is 0.411 e. The number of halogens is 3. The average Bonchev–Trinajstić information content (AvgIpc) is 2.55. The van der Waals surface area contributed by atoms with Gasteiger partial charge in [0.15, 0.2) is 18.4 Å². The predicted molar refractivity (Wildman–Crippen MR) is 76.6 cm³/mol. The van der Waals surface area contributed by atoms with E-state index in [1.54, 1.807) is 6.92 Å². The summed E-state index contributed by atoms with van der Waals surface area (Å²) < 4.78 is 53.6. The molecule has 2 N–H and O–H groups in total. The van der Waals surface area contributed by atoms with E-state index in [9.17, 15) is 23.4 Å². The van der Waals surface area contributed by atoms with Crippen LogP contribution in [0.2, 0.25) is 0 Å². The van der Waals surface area contributed by atoms with Crippen molar-refractivity contribution in [3.8, 4) is 0 Å². The van der Waals surface area contributed by atoms with Crippen LogP contribution in [0.25, 0.3) is 0 Å². The molecule has 2 heterocycles. The van der Waals surface area contributed by atoms with Gasteiger partial charge in [0.2, 0.25) is 0 Å². The molecule has 5 nitrogen and oxygen atoms in total. The van der Waals surface area contributed by atoms with E-state index in [-0.39, 0.29) is 11.8 Å². The van der Waals surface area contributed by atoms with Crippen LogP contribution in [0, 0.1) is 17.8 Å². The van der Waals surface area contributed by atoms with Crippen molar-refractivity contribution in [2.24, 2.45) is 17.8 Å². The molecule has 0 aromatic rings. The zero-order valence-electron chi connectivity index (χ0n) is 13.9. The van der Waals surface area contributed by atoms with E-state index < -0.39 is 42.7 Å². The van der Waals surface area contributed by atoms with Crippen molar-refractivity contribution in [3.05, 3.63) is 0 Å². The Kier molecular flexibility index (Phi) is 4.66. The molecular formula is C16H25F3O5. The molecule has 1 aliphatic carbocycles. The number of rotatable bonds is 2. The Morgan fingerprint density at radius 1 is 1.21 bits per heavy atom. The molecule has 0 spiro atoms. The second-order valence-electron chi connectivity index (χ2n) is 7.57. The Labute approximate surface area is 139 Å². The summed E-state index contributed by atoms with van der Waals surface area (Å²) in [4.78, 5) is 0. The van der Waals surface area contributed by atoms with E-state index in [4.69, 9.17) is 14.2 Å². The van der Waals surface area contributed by atoms with Crippen molar-refractivity contribution in [3.63, 3.8) is 0 Å². The molecule has 3 aliphatic rings. The van der Waals surface area contributed by atoms with Gasteiger partial charge in [0, 0.05) is 18.3 Å². The Hall–Kier alpha value is -0.410. The van der Waals surface area contributed by atoms with Crippen LogP contribution < -0.4 is 0 Å². The van der Waals surface area contributed by atoms with E-state index in [2.05, 4.69) is 0 Å². The topological polar surface area (TPSA) is 68.2 Å². The monoisotopic (exact) mass is 354 g/mol. The summed E-state index contributed by atoms with van der Waals surface area (Å²) >= 11 is 0. The van der Waals surface area contributed by atoms with Crippen molar-refractivity contribution in [1.82, 2.24) is 0 Å². The van der Waals surface area contributed by atoms with Crippen LogP contribution >= 0.6 is 0 Å². The van der Waals surface area contributed by atoms with Crippen molar-refractivity contribution in [2.75, 3.05) is 6.61 Å². The summed E-state index contributed by atoms with van der Waals surface area (Å²) in [5.74, 6) is -2.29. The van der Waals surface area contributed by atoms with Gasteiger partial charge >= 0.3 is 6.18 Å². The molecule has 3 fully saturated rings. The van der Waals surface area contributed by atoms with Gasteiger partial charge in [-0.15, -0.1) is 0 Å². The lowest BCUT2D eigenvalue weighted by molar-refractivity contribution is -0.410. The van der Waals surface area contributed by atoms with Gasteiger partial charge in [-0.25, -0.2) is 0 Å². The van der Waals surface area contributed by atoms with Crippen LogP contribution in [-0.4, -0.2) is 47.0 Å². The standard InChI is InChI=1S/C16H25F3O5/c1-9-11-5-3-4-10-6-7-14(2,20)24-13(16(10,11)21)23-12(9)22-8-15(17,18)19/h9-13,20-21H,3-8H2,1-2H3/t9-,10?,11?,12?,13-,14?,16-/m1/s1. The lowest BCUT2D eigenvalue weighted by Crippen LogP contribution is -2.65. The molecule has 1 saturated carbocycles. The Morgan fingerprint density at radius 2 is 1.92 bits per heavy atom. The highest BCUT2D eigenvalue weighted by Crippen LogP contribution is 2.54. The number of alkyl halides is 3. The zero-order chi connectivity index (χ0) is 17.8. The smallest absolute Gasteiger partial charge is 0.384 e. The fraction of sp³-hybridized carbons (Fsp3) is 1.00. The van der Waals surface area contributed by atoms with Crippen LogP contribution in [0.15, 0.2) is 0 Å². The van der Waals surface area contributed by atoms with Gasteiger partial charge in [-0.1, -0.05) is 13.3 Å². The summed E-state index contributed by atoms with van der Waals surface area (Å²) in [6.45, 7) is 1.81. The summed E-state index contributed by atoms with van der Waals surface area (Å²) in [5, 5.41) is 21.7. The number of ether oxygens (including phenoxy) is 3. The van der Waals surface area contributed by atoms with Crippen LogP contribution in [-0.2, 0) is 14.2 Å². The van der Waals surface area contributed by atoms with Gasteiger partial charge < -0.3 is 24.4 Å². The van der Waals surface area contributed by atoms with Crippen molar-refractivity contribution < 1.29 is 37.6 Å². The molecule has 4 unspecified atom stereocenters. The van der Waals surface area contributed by atoms with E-state index in [0.29, 0.717) is 19.3 Å². The maximum absolute atomic E-state index is 12.5. The number of hydrogen-bond donors (Lipinski definition) is 2. The average molecular weight is 354 g/mol. The molecule has 7 atom stereocenters. The maximum atomic E-state index is 12.5. The minimum atomic E-state index is -4.46. The van der Waals surface area contributed by atoms with Gasteiger partial charge in [-0.05, 0) is 32.1 Å². The normalized spacial score (nSPS) is 49.4. The first-order valence-electron chi connectivity index (χ1n) is 8.49. The third kappa shape index (κ3) is 3.31. The van der Waals surface area contributed by atoms with Crippen LogP contribution in [0.1, 0.15) is 46.0 Å². The van der Waals surface area contributed by atoms with E-state index in [1.165, 1.54) is 6.92 Å². The van der Waals surface area contributed by atoms with E-state index >= 15 is 0 Å². The molecule has 8 heteroatoms. The fourth-order valence-electron chi connectivity index (χ4n) is 4.54. The molecule has 140 valence electrons. The molecule has 24 heavy (non-hydrogen) atoms. The van der Waals surface area contributed by atoms with Crippen molar-refractivity contribution in [2.45, 2.75) is 76.1 Å². The minimum Gasteiger partial charge on any atom is -0.384 e. The lowest BCUT2D eigenvalue weighted by atomic mass is 9.61. The first-order valence-corrected chi connectivity index (χ1v) is 8.49. The second kappa shape index (κ2) is 6.09. The van der Waals surface area contributed by atoms with Gasteiger partial charge in [-0.2, -0.15) is 13.2 Å². The van der Waals surface area contributed by atoms with Crippen molar-refractivity contribution >= 4 is 0 Å². The molecule has 0 amide bonds. The van der Waals surface area contributed by atoms with Crippen LogP contribution in [0.5, 0.6) is 0 Å². The minimum absolute atomic E-state index is 0.110. The number of hydrogen-bond acceptors (Lipinski definition) is 5. The lowest BCUT2D eigenvalue weighted by Gasteiger charge is -2.55. The zero-order valence-corrected chi connectivity index (χ0v) is 13.9. The Morgan fingerprint density at radius 3 is 2.58 bits per heavy atom. The van der Waals surface area contributed by atoms with E-state index in [1.807, 2.05) is 0 Å². The van der Waals surface area contributed by atoms with Crippen LogP contribution in [0.3, 0.4) is 0 Å².